The highest BCUT2D eigenvalue weighted by Crippen LogP contribution is 2.34. The Balaban J connectivity index is 2.35. The van der Waals surface area contributed by atoms with E-state index in [9.17, 15) is 13.2 Å². The predicted molar refractivity (Wildman–Crippen MR) is 66.8 cm³/mol. The Morgan fingerprint density at radius 1 is 1.33 bits per heavy atom. The van der Waals surface area contributed by atoms with Gasteiger partial charge in [-0.15, -0.1) is 0 Å². The van der Waals surface area contributed by atoms with E-state index in [1.54, 1.807) is 0 Å². The van der Waals surface area contributed by atoms with Crippen molar-refractivity contribution >= 4 is 0 Å². The van der Waals surface area contributed by atoms with Crippen molar-refractivity contribution in [1.29, 1.82) is 0 Å². The lowest BCUT2D eigenvalue weighted by Gasteiger charge is -2.34. The molecule has 0 bridgehead atoms. The molecule has 108 valence electrons. The number of alkyl halides is 3. The smallest absolute Gasteiger partial charge is 0.271 e. The SMILES string of the molecule is CCC1CCCC(C(CCCC(F)(F)F)NN)C1. The Bertz CT molecular complexity index is 231. The summed E-state index contributed by atoms with van der Waals surface area (Å²) in [5, 5.41) is 0. The third-order valence-corrected chi connectivity index (χ3v) is 4.16. The molecule has 0 aromatic heterocycles. The van der Waals surface area contributed by atoms with Gasteiger partial charge in [-0.2, -0.15) is 13.2 Å². The maximum absolute atomic E-state index is 12.1. The summed E-state index contributed by atoms with van der Waals surface area (Å²) in [7, 11) is 0. The highest BCUT2D eigenvalue weighted by Gasteiger charge is 2.30. The van der Waals surface area contributed by atoms with Crippen LogP contribution in [-0.2, 0) is 0 Å². The Labute approximate surface area is 107 Å². The molecular weight excluding hydrogens is 241 g/mol. The first-order chi connectivity index (χ1) is 8.46. The third-order valence-electron chi connectivity index (χ3n) is 4.16. The van der Waals surface area contributed by atoms with Crippen LogP contribution in [0, 0.1) is 11.8 Å². The van der Waals surface area contributed by atoms with Gasteiger partial charge in [-0.3, -0.25) is 11.3 Å². The van der Waals surface area contributed by atoms with Gasteiger partial charge in [0.15, 0.2) is 0 Å². The van der Waals surface area contributed by atoms with E-state index in [0.717, 1.165) is 25.2 Å². The maximum atomic E-state index is 12.1. The van der Waals surface area contributed by atoms with Crippen LogP contribution in [0.5, 0.6) is 0 Å². The largest absolute Gasteiger partial charge is 0.389 e. The number of halogens is 3. The van der Waals surface area contributed by atoms with Gasteiger partial charge in [0.1, 0.15) is 0 Å². The first kappa shape index (κ1) is 15.8. The fraction of sp³-hybridized carbons (Fsp3) is 1.00. The van der Waals surface area contributed by atoms with Crippen molar-refractivity contribution in [3.8, 4) is 0 Å². The lowest BCUT2D eigenvalue weighted by molar-refractivity contribution is -0.136. The van der Waals surface area contributed by atoms with Gasteiger partial charge in [0.25, 0.3) is 0 Å². The fourth-order valence-electron chi connectivity index (χ4n) is 3.05. The number of hydrogen-bond donors (Lipinski definition) is 2. The second-order valence-electron chi connectivity index (χ2n) is 5.48. The summed E-state index contributed by atoms with van der Waals surface area (Å²) in [6.45, 7) is 2.18. The van der Waals surface area contributed by atoms with Gasteiger partial charge < -0.3 is 0 Å². The molecule has 1 rings (SSSR count). The van der Waals surface area contributed by atoms with Crippen molar-refractivity contribution in [3.05, 3.63) is 0 Å². The summed E-state index contributed by atoms with van der Waals surface area (Å²) >= 11 is 0. The number of nitrogens with two attached hydrogens (primary N) is 1. The molecule has 1 aliphatic rings. The van der Waals surface area contributed by atoms with Gasteiger partial charge in [0, 0.05) is 12.5 Å². The molecule has 5 heteroatoms. The van der Waals surface area contributed by atoms with Crippen LogP contribution in [0.1, 0.15) is 58.3 Å². The van der Waals surface area contributed by atoms with Crippen LogP contribution in [0.3, 0.4) is 0 Å². The van der Waals surface area contributed by atoms with Gasteiger partial charge in [0.2, 0.25) is 0 Å². The lowest BCUT2D eigenvalue weighted by Crippen LogP contribution is -2.42. The Hall–Kier alpha value is -0.290. The summed E-state index contributed by atoms with van der Waals surface area (Å²) in [6.07, 6.45) is 1.76. The van der Waals surface area contributed by atoms with E-state index in [1.165, 1.54) is 12.8 Å². The Morgan fingerprint density at radius 3 is 2.61 bits per heavy atom. The van der Waals surface area contributed by atoms with Crippen LogP contribution in [0.25, 0.3) is 0 Å². The summed E-state index contributed by atoms with van der Waals surface area (Å²) in [5.41, 5.74) is 2.74. The average Bonchev–Trinajstić information content (AvgIpc) is 2.33. The first-order valence-corrected chi connectivity index (χ1v) is 6.99. The van der Waals surface area contributed by atoms with E-state index in [-0.39, 0.29) is 12.5 Å². The molecule has 0 spiro atoms. The van der Waals surface area contributed by atoms with Crippen LogP contribution in [0.4, 0.5) is 13.2 Å². The minimum atomic E-state index is -4.04. The van der Waals surface area contributed by atoms with Crippen LogP contribution < -0.4 is 11.3 Å². The first-order valence-electron chi connectivity index (χ1n) is 6.99. The summed E-state index contributed by atoms with van der Waals surface area (Å²) in [6, 6.07) is 0.0432. The molecule has 18 heavy (non-hydrogen) atoms. The zero-order chi connectivity index (χ0) is 13.6. The molecule has 3 N–H and O–H groups in total. The molecule has 0 aliphatic heterocycles. The second-order valence-corrected chi connectivity index (χ2v) is 5.48. The molecule has 2 nitrogen and oxygen atoms in total. The molecule has 0 amide bonds. The van der Waals surface area contributed by atoms with Gasteiger partial charge in [0.05, 0.1) is 0 Å². The number of hydrogen-bond acceptors (Lipinski definition) is 2. The molecule has 0 aromatic carbocycles. The lowest BCUT2D eigenvalue weighted by atomic mass is 9.76. The number of rotatable bonds is 6. The molecule has 3 unspecified atom stereocenters. The van der Waals surface area contributed by atoms with Crippen molar-refractivity contribution in [2.45, 2.75) is 70.5 Å². The van der Waals surface area contributed by atoms with Crippen molar-refractivity contribution in [2.24, 2.45) is 17.7 Å². The summed E-state index contributed by atoms with van der Waals surface area (Å²) < 4.78 is 36.4. The average molecular weight is 266 g/mol. The maximum Gasteiger partial charge on any atom is 0.389 e. The number of nitrogens with one attached hydrogen (secondary N) is 1. The fourth-order valence-corrected chi connectivity index (χ4v) is 3.05. The molecule has 0 heterocycles. The highest BCUT2D eigenvalue weighted by molar-refractivity contribution is 4.81. The molecule has 1 fully saturated rings. The monoisotopic (exact) mass is 266 g/mol. The van der Waals surface area contributed by atoms with Crippen LogP contribution >= 0.6 is 0 Å². The summed E-state index contributed by atoms with van der Waals surface area (Å²) in [4.78, 5) is 0. The number of hydrazine groups is 1. The van der Waals surface area contributed by atoms with Crippen molar-refractivity contribution in [2.75, 3.05) is 0 Å². The van der Waals surface area contributed by atoms with Crippen LogP contribution in [0.15, 0.2) is 0 Å². The van der Waals surface area contributed by atoms with Gasteiger partial charge in [-0.05, 0) is 37.5 Å². The molecule has 0 radical (unpaired) electrons. The van der Waals surface area contributed by atoms with Gasteiger partial charge in [-0.25, -0.2) is 0 Å². The highest BCUT2D eigenvalue weighted by atomic mass is 19.4. The van der Waals surface area contributed by atoms with E-state index < -0.39 is 12.6 Å². The zero-order valence-corrected chi connectivity index (χ0v) is 11.1. The topological polar surface area (TPSA) is 38.0 Å². The quantitative estimate of drug-likeness (QED) is 0.567. The van der Waals surface area contributed by atoms with E-state index in [0.29, 0.717) is 12.3 Å². The Morgan fingerprint density at radius 2 is 2.06 bits per heavy atom. The van der Waals surface area contributed by atoms with Crippen molar-refractivity contribution in [1.82, 2.24) is 5.43 Å². The molecule has 0 saturated heterocycles. The van der Waals surface area contributed by atoms with E-state index in [2.05, 4.69) is 12.3 Å². The standard InChI is InChI=1S/C13H25F3N2/c1-2-10-5-3-6-11(9-10)12(18-17)7-4-8-13(14,15)16/h10-12,18H,2-9,17H2,1H3. The minimum Gasteiger partial charge on any atom is -0.271 e. The molecule has 0 aromatic rings. The zero-order valence-electron chi connectivity index (χ0n) is 11.1. The van der Waals surface area contributed by atoms with Crippen molar-refractivity contribution in [3.63, 3.8) is 0 Å². The molecule has 1 saturated carbocycles. The van der Waals surface area contributed by atoms with Gasteiger partial charge in [-0.1, -0.05) is 26.2 Å². The second kappa shape index (κ2) is 7.34. The molecular formula is C13H25F3N2. The summed E-state index contributed by atoms with van der Waals surface area (Å²) in [5.74, 6) is 6.68. The molecule has 3 atom stereocenters. The third kappa shape index (κ3) is 5.57. The normalized spacial score (nSPS) is 27.2. The van der Waals surface area contributed by atoms with Crippen LogP contribution in [0.2, 0.25) is 0 Å². The van der Waals surface area contributed by atoms with E-state index in [1.807, 2.05) is 0 Å². The van der Waals surface area contributed by atoms with Crippen LogP contribution in [-0.4, -0.2) is 12.2 Å². The van der Waals surface area contributed by atoms with Gasteiger partial charge >= 0.3 is 6.18 Å². The predicted octanol–water partition coefficient (Wildman–Crippen LogP) is 3.77. The Kier molecular flexibility index (Phi) is 6.43. The minimum absolute atomic E-state index is 0.0432. The van der Waals surface area contributed by atoms with E-state index >= 15 is 0 Å². The molecule has 1 aliphatic carbocycles. The van der Waals surface area contributed by atoms with Crippen molar-refractivity contribution < 1.29 is 13.2 Å². The van der Waals surface area contributed by atoms with E-state index in [4.69, 9.17) is 5.84 Å².